The number of hydrogen-bond acceptors (Lipinski definition) is 7. The molecule has 0 radical (unpaired) electrons. The average Bonchev–Trinajstić information content (AvgIpc) is 2.68. The molecule has 0 fully saturated rings. The molecule has 8 nitrogen and oxygen atoms in total. The van der Waals surface area contributed by atoms with Crippen molar-refractivity contribution in [1.29, 1.82) is 0 Å². The Balaban J connectivity index is 1.96. The van der Waals surface area contributed by atoms with Gasteiger partial charge in [0, 0.05) is 11.8 Å². The Kier molecular flexibility index (Phi) is 4.04. The molecule has 0 aliphatic heterocycles. The maximum atomic E-state index is 13.2. The number of nitro benzene ring substituents is 1. The largest absolute Gasteiger partial charge is 0.507 e. The van der Waals surface area contributed by atoms with Crippen molar-refractivity contribution >= 4 is 28.6 Å². The summed E-state index contributed by atoms with van der Waals surface area (Å²) < 4.78 is 0. The quantitative estimate of drug-likeness (QED) is 0.275. The number of nitrogens with one attached hydrogen (secondary N) is 1. The Labute approximate surface area is 164 Å². The number of nitrogens with zero attached hydrogens (tertiary/aromatic N) is 1. The van der Waals surface area contributed by atoms with Crippen LogP contribution in [0, 0.1) is 17.0 Å². The SMILES string of the molecule is Cc1ccc(Nc2ccc(O)c3c2C(=O)c2c([N+](=O)[O-])ccc(O)c2C3=O)cc1. The Bertz CT molecular complexity index is 1210. The number of phenolic OH excluding ortho intramolecular Hbond substituents is 2. The van der Waals surface area contributed by atoms with E-state index in [9.17, 15) is 29.9 Å². The zero-order valence-corrected chi connectivity index (χ0v) is 15.1. The van der Waals surface area contributed by atoms with Crippen LogP contribution in [0.25, 0.3) is 0 Å². The predicted molar refractivity (Wildman–Crippen MR) is 104 cm³/mol. The number of anilines is 2. The van der Waals surface area contributed by atoms with Crippen LogP contribution in [-0.2, 0) is 0 Å². The van der Waals surface area contributed by atoms with Crippen LogP contribution in [0.2, 0.25) is 0 Å². The van der Waals surface area contributed by atoms with Crippen LogP contribution in [0.15, 0.2) is 48.5 Å². The van der Waals surface area contributed by atoms with Crippen molar-refractivity contribution in [3.05, 3.63) is 86.5 Å². The maximum absolute atomic E-state index is 13.2. The van der Waals surface area contributed by atoms with E-state index >= 15 is 0 Å². The smallest absolute Gasteiger partial charge is 0.281 e. The summed E-state index contributed by atoms with van der Waals surface area (Å²) in [6.07, 6.45) is 0. The molecule has 1 aliphatic rings. The molecular weight excluding hydrogens is 376 g/mol. The molecular formula is C21H14N2O6. The third-order valence-corrected chi connectivity index (χ3v) is 4.78. The molecule has 0 saturated carbocycles. The van der Waals surface area contributed by atoms with E-state index in [2.05, 4.69) is 5.32 Å². The van der Waals surface area contributed by atoms with Crippen molar-refractivity contribution in [2.75, 3.05) is 5.32 Å². The second-order valence-corrected chi connectivity index (χ2v) is 6.64. The molecule has 0 spiro atoms. The minimum atomic E-state index is -0.860. The first-order valence-electron chi connectivity index (χ1n) is 8.59. The molecule has 0 bridgehead atoms. The molecule has 0 unspecified atom stereocenters. The summed E-state index contributed by atoms with van der Waals surface area (Å²) in [5, 5.41) is 34.8. The number of rotatable bonds is 3. The van der Waals surface area contributed by atoms with Crippen molar-refractivity contribution in [3.63, 3.8) is 0 Å². The van der Waals surface area contributed by atoms with E-state index in [0.29, 0.717) is 5.69 Å². The third-order valence-electron chi connectivity index (χ3n) is 4.78. The number of phenols is 2. The highest BCUT2D eigenvalue weighted by Gasteiger charge is 2.40. The van der Waals surface area contributed by atoms with Crippen LogP contribution in [0.4, 0.5) is 17.1 Å². The van der Waals surface area contributed by atoms with Gasteiger partial charge in [-0.2, -0.15) is 0 Å². The molecule has 1 aliphatic carbocycles. The molecule has 0 amide bonds. The van der Waals surface area contributed by atoms with Crippen LogP contribution in [0.3, 0.4) is 0 Å². The number of aromatic hydroxyl groups is 2. The first kappa shape index (κ1) is 18.2. The van der Waals surface area contributed by atoms with Crippen molar-refractivity contribution in [1.82, 2.24) is 0 Å². The Morgan fingerprint density at radius 2 is 1.34 bits per heavy atom. The molecule has 0 saturated heterocycles. The number of carbonyl (C=O) groups excluding carboxylic acids is 2. The van der Waals surface area contributed by atoms with Crippen LogP contribution >= 0.6 is 0 Å². The highest BCUT2D eigenvalue weighted by Crippen LogP contribution is 2.43. The van der Waals surface area contributed by atoms with Gasteiger partial charge < -0.3 is 15.5 Å². The normalized spacial score (nSPS) is 12.3. The van der Waals surface area contributed by atoms with Gasteiger partial charge in [0.2, 0.25) is 11.6 Å². The lowest BCUT2D eigenvalue weighted by Gasteiger charge is -2.22. The minimum absolute atomic E-state index is 0.184. The van der Waals surface area contributed by atoms with Gasteiger partial charge in [-0.1, -0.05) is 17.7 Å². The lowest BCUT2D eigenvalue weighted by Crippen LogP contribution is -2.23. The fraction of sp³-hybridized carbons (Fsp3) is 0.0476. The van der Waals surface area contributed by atoms with E-state index in [4.69, 9.17) is 0 Å². The summed E-state index contributed by atoms with van der Waals surface area (Å²) in [7, 11) is 0. The van der Waals surface area contributed by atoms with Gasteiger partial charge in [-0.05, 0) is 37.3 Å². The van der Waals surface area contributed by atoms with Crippen LogP contribution in [0.1, 0.15) is 37.4 Å². The van der Waals surface area contributed by atoms with Gasteiger partial charge in [-0.25, -0.2) is 0 Å². The average molecular weight is 390 g/mol. The number of hydrogen-bond donors (Lipinski definition) is 3. The molecule has 3 aromatic carbocycles. The summed E-state index contributed by atoms with van der Waals surface area (Å²) in [6, 6.07) is 11.9. The second-order valence-electron chi connectivity index (χ2n) is 6.64. The summed E-state index contributed by atoms with van der Waals surface area (Å²) in [5.41, 5.74) is -0.207. The summed E-state index contributed by atoms with van der Waals surface area (Å²) in [6.45, 7) is 1.91. The number of nitro groups is 1. The number of fused-ring (bicyclic) bond motifs is 2. The zero-order valence-electron chi connectivity index (χ0n) is 15.1. The van der Waals surface area contributed by atoms with E-state index in [1.54, 1.807) is 12.1 Å². The monoisotopic (exact) mass is 390 g/mol. The van der Waals surface area contributed by atoms with Crippen molar-refractivity contribution < 1.29 is 24.7 Å². The molecule has 0 atom stereocenters. The van der Waals surface area contributed by atoms with E-state index in [1.165, 1.54) is 12.1 Å². The third kappa shape index (κ3) is 2.78. The van der Waals surface area contributed by atoms with Gasteiger partial charge in [0.1, 0.15) is 17.1 Å². The molecule has 0 heterocycles. The molecule has 144 valence electrons. The zero-order chi connectivity index (χ0) is 20.9. The topological polar surface area (TPSA) is 130 Å². The molecule has 3 N–H and O–H groups in total. The maximum Gasteiger partial charge on any atom is 0.281 e. The fourth-order valence-corrected chi connectivity index (χ4v) is 3.40. The lowest BCUT2D eigenvalue weighted by atomic mass is 9.81. The lowest BCUT2D eigenvalue weighted by molar-refractivity contribution is -0.385. The van der Waals surface area contributed by atoms with Crippen LogP contribution in [-0.4, -0.2) is 26.7 Å². The number of carbonyl (C=O) groups is 2. The van der Waals surface area contributed by atoms with E-state index in [-0.39, 0.29) is 16.8 Å². The van der Waals surface area contributed by atoms with Crippen molar-refractivity contribution in [3.8, 4) is 11.5 Å². The minimum Gasteiger partial charge on any atom is -0.507 e. The predicted octanol–water partition coefficient (Wildman–Crippen LogP) is 3.83. The van der Waals surface area contributed by atoms with Gasteiger partial charge in [0.05, 0.1) is 27.3 Å². The van der Waals surface area contributed by atoms with Crippen molar-refractivity contribution in [2.45, 2.75) is 6.92 Å². The molecule has 0 aromatic heterocycles. The summed E-state index contributed by atoms with van der Waals surface area (Å²) in [5.74, 6) is -2.71. The molecule has 29 heavy (non-hydrogen) atoms. The number of benzene rings is 3. The van der Waals surface area contributed by atoms with Gasteiger partial charge in [-0.15, -0.1) is 0 Å². The van der Waals surface area contributed by atoms with Crippen LogP contribution < -0.4 is 5.32 Å². The summed E-state index contributed by atoms with van der Waals surface area (Å²) in [4.78, 5) is 36.9. The second kappa shape index (κ2) is 6.45. The van der Waals surface area contributed by atoms with E-state index in [1.807, 2.05) is 19.1 Å². The Morgan fingerprint density at radius 1 is 0.793 bits per heavy atom. The van der Waals surface area contributed by atoms with Crippen molar-refractivity contribution in [2.24, 2.45) is 0 Å². The van der Waals surface area contributed by atoms with Gasteiger partial charge in [-0.3, -0.25) is 19.7 Å². The highest BCUT2D eigenvalue weighted by atomic mass is 16.6. The molecule has 3 aromatic rings. The first-order chi connectivity index (χ1) is 13.8. The fourth-order valence-electron chi connectivity index (χ4n) is 3.40. The van der Waals surface area contributed by atoms with E-state index < -0.39 is 44.8 Å². The molecule has 4 rings (SSSR count). The molecule has 8 heteroatoms. The highest BCUT2D eigenvalue weighted by molar-refractivity contribution is 6.33. The van der Waals surface area contributed by atoms with E-state index in [0.717, 1.165) is 17.7 Å². The number of ketones is 2. The van der Waals surface area contributed by atoms with Gasteiger partial charge in [0.15, 0.2) is 0 Å². The van der Waals surface area contributed by atoms with Gasteiger partial charge >= 0.3 is 0 Å². The van der Waals surface area contributed by atoms with Crippen LogP contribution in [0.5, 0.6) is 11.5 Å². The Hall–Kier alpha value is -4.20. The number of aryl methyl sites for hydroxylation is 1. The van der Waals surface area contributed by atoms with Gasteiger partial charge in [0.25, 0.3) is 5.69 Å². The summed E-state index contributed by atoms with van der Waals surface area (Å²) >= 11 is 0. The first-order valence-corrected chi connectivity index (χ1v) is 8.59. The standard InChI is InChI=1S/C21H14N2O6/c1-10-2-4-11(5-3-10)22-12-6-8-14(24)18-16(12)20(26)17-13(23(28)29)7-9-15(25)19(17)21(18)27/h2-9,22,24-25H,1H3. The Morgan fingerprint density at radius 3 is 1.97 bits per heavy atom.